The molecule has 0 bridgehead atoms. The largest absolute Gasteiger partial charge is 0.395 e. The van der Waals surface area contributed by atoms with Crippen molar-refractivity contribution in [3.05, 3.63) is 23.4 Å². The average Bonchev–Trinajstić information content (AvgIpc) is 2.51. The molecule has 21 heavy (non-hydrogen) atoms. The summed E-state index contributed by atoms with van der Waals surface area (Å²) in [5, 5.41) is 12.3. The van der Waals surface area contributed by atoms with Gasteiger partial charge in [0, 0.05) is 30.9 Å². The lowest BCUT2D eigenvalue weighted by molar-refractivity contribution is 0.0722. The van der Waals surface area contributed by atoms with Gasteiger partial charge in [0.05, 0.1) is 6.61 Å². The Labute approximate surface area is 127 Å². The van der Waals surface area contributed by atoms with Crippen molar-refractivity contribution in [3.63, 3.8) is 0 Å². The molecule has 118 valence electrons. The van der Waals surface area contributed by atoms with Crippen LogP contribution in [0.4, 0.5) is 5.82 Å². The van der Waals surface area contributed by atoms with Gasteiger partial charge in [0.15, 0.2) is 0 Å². The fourth-order valence-corrected chi connectivity index (χ4v) is 2.12. The number of pyridine rings is 1. The van der Waals surface area contributed by atoms with Crippen LogP contribution in [0.25, 0.3) is 0 Å². The third-order valence-electron chi connectivity index (χ3n) is 3.19. The minimum absolute atomic E-state index is 0.0155. The van der Waals surface area contributed by atoms with Crippen molar-refractivity contribution in [2.75, 3.05) is 31.6 Å². The van der Waals surface area contributed by atoms with Crippen molar-refractivity contribution in [1.82, 2.24) is 9.88 Å². The Morgan fingerprint density at radius 1 is 1.24 bits per heavy atom. The van der Waals surface area contributed by atoms with Gasteiger partial charge in [-0.3, -0.25) is 4.79 Å². The first kappa shape index (κ1) is 17.4. The van der Waals surface area contributed by atoms with Crippen LogP contribution in [0.5, 0.6) is 0 Å². The molecule has 1 heterocycles. The van der Waals surface area contributed by atoms with Crippen molar-refractivity contribution < 1.29 is 9.90 Å². The van der Waals surface area contributed by atoms with E-state index in [1.54, 1.807) is 11.0 Å². The summed E-state index contributed by atoms with van der Waals surface area (Å²) >= 11 is 0. The second kappa shape index (κ2) is 9.34. The molecule has 5 nitrogen and oxygen atoms in total. The highest BCUT2D eigenvalue weighted by atomic mass is 16.3. The number of aliphatic hydroxyl groups is 1. The second-order valence-corrected chi connectivity index (χ2v) is 5.03. The first-order valence-corrected chi connectivity index (χ1v) is 7.81. The average molecular weight is 293 g/mol. The van der Waals surface area contributed by atoms with Gasteiger partial charge in [0.25, 0.3) is 5.91 Å². The Hall–Kier alpha value is -1.62. The van der Waals surface area contributed by atoms with Crippen LogP contribution < -0.4 is 5.32 Å². The van der Waals surface area contributed by atoms with Crippen LogP contribution in [-0.4, -0.2) is 47.1 Å². The van der Waals surface area contributed by atoms with E-state index in [9.17, 15) is 4.79 Å². The molecule has 0 unspecified atom stereocenters. The van der Waals surface area contributed by atoms with Crippen molar-refractivity contribution in [1.29, 1.82) is 0 Å². The van der Waals surface area contributed by atoms with Crippen LogP contribution in [-0.2, 0) is 6.42 Å². The van der Waals surface area contributed by atoms with Gasteiger partial charge in [0.2, 0.25) is 0 Å². The van der Waals surface area contributed by atoms with Crippen molar-refractivity contribution in [2.24, 2.45) is 0 Å². The number of aromatic nitrogens is 1. The van der Waals surface area contributed by atoms with Crippen LogP contribution in [0.2, 0.25) is 0 Å². The zero-order chi connectivity index (χ0) is 15.7. The topological polar surface area (TPSA) is 65.5 Å². The van der Waals surface area contributed by atoms with Crippen molar-refractivity contribution in [2.45, 2.75) is 40.0 Å². The standard InChI is InChI=1S/C16H27N3O2/c1-4-7-17-15-12-13(11-14(6-3)18-15)16(21)19(8-5-2)9-10-20/h11-12,20H,4-10H2,1-3H3,(H,17,18). The third-order valence-corrected chi connectivity index (χ3v) is 3.19. The SMILES string of the molecule is CCCNc1cc(C(=O)N(CCC)CCO)cc(CC)n1. The molecule has 1 aromatic heterocycles. The highest BCUT2D eigenvalue weighted by molar-refractivity contribution is 5.95. The fraction of sp³-hybridized carbons (Fsp3) is 0.625. The van der Waals surface area contributed by atoms with Crippen LogP contribution in [0.3, 0.4) is 0 Å². The van der Waals surface area contributed by atoms with Crippen molar-refractivity contribution in [3.8, 4) is 0 Å². The first-order chi connectivity index (χ1) is 10.2. The summed E-state index contributed by atoms with van der Waals surface area (Å²) in [6.45, 7) is 7.98. The van der Waals surface area contributed by atoms with Crippen LogP contribution in [0.1, 0.15) is 49.7 Å². The monoisotopic (exact) mass is 293 g/mol. The van der Waals surface area contributed by atoms with Gasteiger partial charge in [-0.2, -0.15) is 0 Å². The zero-order valence-electron chi connectivity index (χ0n) is 13.4. The summed E-state index contributed by atoms with van der Waals surface area (Å²) in [5.41, 5.74) is 1.54. The Morgan fingerprint density at radius 3 is 2.57 bits per heavy atom. The molecular formula is C16H27N3O2. The molecule has 1 aromatic rings. The Balaban J connectivity index is 2.99. The number of aryl methyl sites for hydroxylation is 1. The van der Waals surface area contributed by atoms with Crippen LogP contribution in [0.15, 0.2) is 12.1 Å². The highest BCUT2D eigenvalue weighted by Crippen LogP contribution is 2.14. The van der Waals surface area contributed by atoms with E-state index in [2.05, 4.69) is 17.2 Å². The van der Waals surface area contributed by atoms with E-state index in [0.717, 1.165) is 37.3 Å². The van der Waals surface area contributed by atoms with Gasteiger partial charge in [-0.1, -0.05) is 20.8 Å². The van der Waals surface area contributed by atoms with Gasteiger partial charge in [-0.25, -0.2) is 4.98 Å². The van der Waals surface area contributed by atoms with Crippen molar-refractivity contribution >= 4 is 11.7 Å². The quantitative estimate of drug-likeness (QED) is 0.733. The molecule has 0 spiro atoms. The lowest BCUT2D eigenvalue weighted by atomic mass is 10.1. The van der Waals surface area contributed by atoms with Crippen LogP contribution in [0, 0.1) is 0 Å². The molecule has 0 aliphatic heterocycles. The van der Waals surface area contributed by atoms with E-state index in [1.807, 2.05) is 19.9 Å². The van der Waals surface area contributed by atoms with Gasteiger partial charge in [-0.05, 0) is 31.4 Å². The number of carbonyl (C=O) groups excluding carboxylic acids is 1. The number of hydrogen-bond donors (Lipinski definition) is 2. The second-order valence-electron chi connectivity index (χ2n) is 5.03. The number of carbonyl (C=O) groups is 1. The number of amides is 1. The summed E-state index contributed by atoms with van der Waals surface area (Å²) in [6.07, 6.45) is 2.67. The molecule has 0 fully saturated rings. The minimum atomic E-state index is -0.0393. The molecule has 0 aromatic carbocycles. The molecule has 1 rings (SSSR count). The summed E-state index contributed by atoms with van der Waals surface area (Å²) in [5.74, 6) is 0.711. The predicted molar refractivity (Wildman–Crippen MR) is 85.7 cm³/mol. The molecule has 2 N–H and O–H groups in total. The molecule has 0 saturated heterocycles. The molecule has 5 heteroatoms. The molecule has 0 saturated carbocycles. The number of rotatable bonds is 9. The van der Waals surface area contributed by atoms with E-state index in [1.165, 1.54) is 0 Å². The zero-order valence-corrected chi connectivity index (χ0v) is 13.4. The van der Waals surface area contributed by atoms with E-state index in [0.29, 0.717) is 18.7 Å². The Bertz CT molecular complexity index is 443. The molecular weight excluding hydrogens is 266 g/mol. The van der Waals surface area contributed by atoms with E-state index in [4.69, 9.17) is 5.11 Å². The minimum Gasteiger partial charge on any atom is -0.395 e. The molecule has 0 aliphatic carbocycles. The maximum atomic E-state index is 12.6. The van der Waals surface area contributed by atoms with E-state index < -0.39 is 0 Å². The van der Waals surface area contributed by atoms with Crippen LogP contribution >= 0.6 is 0 Å². The number of nitrogens with zero attached hydrogens (tertiary/aromatic N) is 2. The molecule has 0 aliphatic rings. The smallest absolute Gasteiger partial charge is 0.254 e. The van der Waals surface area contributed by atoms with Gasteiger partial charge in [0.1, 0.15) is 5.82 Å². The number of anilines is 1. The number of nitrogens with one attached hydrogen (secondary N) is 1. The highest BCUT2D eigenvalue weighted by Gasteiger charge is 2.16. The van der Waals surface area contributed by atoms with Gasteiger partial charge < -0.3 is 15.3 Å². The maximum absolute atomic E-state index is 12.6. The summed E-state index contributed by atoms with van der Waals surface area (Å²) < 4.78 is 0. The van der Waals surface area contributed by atoms with Gasteiger partial charge in [-0.15, -0.1) is 0 Å². The fourth-order valence-electron chi connectivity index (χ4n) is 2.12. The number of hydrogen-bond acceptors (Lipinski definition) is 4. The van der Waals surface area contributed by atoms with E-state index in [-0.39, 0.29) is 12.5 Å². The lowest BCUT2D eigenvalue weighted by Gasteiger charge is -2.21. The molecule has 0 radical (unpaired) electrons. The van der Waals surface area contributed by atoms with Gasteiger partial charge >= 0.3 is 0 Å². The summed E-state index contributed by atoms with van der Waals surface area (Å²) in [7, 11) is 0. The lowest BCUT2D eigenvalue weighted by Crippen LogP contribution is -2.34. The molecule has 0 atom stereocenters. The van der Waals surface area contributed by atoms with E-state index >= 15 is 0 Å². The summed E-state index contributed by atoms with van der Waals surface area (Å²) in [4.78, 5) is 18.8. The molecule has 1 amide bonds. The Morgan fingerprint density at radius 2 is 2.00 bits per heavy atom. The maximum Gasteiger partial charge on any atom is 0.254 e. The predicted octanol–water partition coefficient (Wildman–Crippen LogP) is 2.31. The first-order valence-electron chi connectivity index (χ1n) is 7.81. The number of aliphatic hydroxyl groups excluding tert-OH is 1. The summed E-state index contributed by atoms with van der Waals surface area (Å²) in [6, 6.07) is 3.65. The Kier molecular flexibility index (Phi) is 7.75. The normalized spacial score (nSPS) is 10.5. The third kappa shape index (κ3) is 5.34.